The molecule has 146 valence electrons. The van der Waals surface area contributed by atoms with E-state index in [9.17, 15) is 0 Å². The van der Waals surface area contributed by atoms with Crippen molar-refractivity contribution in [1.29, 1.82) is 0 Å². The monoisotopic (exact) mass is 501 g/mol. The largest absolute Gasteiger partial charge is 0.347 e. The van der Waals surface area contributed by atoms with Crippen LogP contribution in [0.25, 0.3) is 11.4 Å². The third kappa shape index (κ3) is 4.56. The molecule has 0 radical (unpaired) electrons. The minimum absolute atomic E-state index is 0. The van der Waals surface area contributed by atoms with Crippen LogP contribution in [-0.2, 0) is 6.54 Å². The number of hydrogen-bond acceptors (Lipinski definition) is 4. The lowest BCUT2D eigenvalue weighted by Gasteiger charge is -2.25. The van der Waals surface area contributed by atoms with E-state index in [1.165, 1.54) is 32.1 Å². The first-order valence-corrected chi connectivity index (χ1v) is 9.59. The Labute approximate surface area is 181 Å². The minimum Gasteiger partial charge on any atom is -0.347 e. The number of rotatable bonds is 3. The standard InChI is InChI=1S/C19H24ClN5O.HI/c1-21-18(25-10-9-19(13-25)7-2-3-8-19)22-12-16-23-17(24-26-16)14-5-4-6-15(20)11-14;/h4-6,11H,2-3,7-10,12-13H2,1H3,(H,21,22);1H. The molecule has 0 amide bonds. The number of nitrogens with zero attached hydrogens (tertiary/aromatic N) is 4. The first-order chi connectivity index (χ1) is 12.7. The second kappa shape index (κ2) is 8.77. The zero-order chi connectivity index (χ0) is 18.0. The van der Waals surface area contributed by atoms with Gasteiger partial charge >= 0.3 is 0 Å². The molecule has 1 aliphatic heterocycles. The molecule has 2 heterocycles. The fraction of sp³-hybridized carbons (Fsp3) is 0.526. The van der Waals surface area contributed by atoms with Crippen LogP contribution in [0, 0.1) is 5.41 Å². The molecule has 1 aromatic heterocycles. The van der Waals surface area contributed by atoms with Gasteiger partial charge in [0.05, 0.1) is 6.54 Å². The van der Waals surface area contributed by atoms with E-state index in [2.05, 4.69) is 25.3 Å². The maximum absolute atomic E-state index is 6.03. The van der Waals surface area contributed by atoms with Gasteiger partial charge in [-0.3, -0.25) is 4.99 Å². The Morgan fingerprint density at radius 1 is 1.33 bits per heavy atom. The van der Waals surface area contributed by atoms with Gasteiger partial charge in [0.25, 0.3) is 0 Å². The summed E-state index contributed by atoms with van der Waals surface area (Å²) in [7, 11) is 1.83. The molecular formula is C19H25ClIN5O. The van der Waals surface area contributed by atoms with Gasteiger partial charge < -0.3 is 14.7 Å². The molecule has 1 aliphatic carbocycles. The molecule has 1 saturated carbocycles. The number of aromatic nitrogens is 2. The van der Waals surface area contributed by atoms with Crippen molar-refractivity contribution in [3.05, 3.63) is 35.2 Å². The maximum Gasteiger partial charge on any atom is 0.246 e. The van der Waals surface area contributed by atoms with E-state index < -0.39 is 0 Å². The van der Waals surface area contributed by atoms with Crippen molar-refractivity contribution in [3.8, 4) is 11.4 Å². The smallest absolute Gasteiger partial charge is 0.246 e. The predicted molar refractivity (Wildman–Crippen MR) is 117 cm³/mol. The van der Waals surface area contributed by atoms with Crippen LogP contribution >= 0.6 is 35.6 Å². The topological polar surface area (TPSA) is 66.5 Å². The number of guanidine groups is 1. The number of aliphatic imine (C=N–C) groups is 1. The van der Waals surface area contributed by atoms with Gasteiger partial charge in [0.1, 0.15) is 0 Å². The molecule has 0 atom stereocenters. The van der Waals surface area contributed by atoms with Crippen LogP contribution in [0.1, 0.15) is 38.0 Å². The van der Waals surface area contributed by atoms with Gasteiger partial charge in [-0.25, -0.2) is 0 Å². The van der Waals surface area contributed by atoms with Crippen LogP contribution in [-0.4, -0.2) is 41.1 Å². The van der Waals surface area contributed by atoms with Gasteiger partial charge in [0, 0.05) is 30.7 Å². The molecular weight excluding hydrogens is 477 g/mol. The van der Waals surface area contributed by atoms with Crippen molar-refractivity contribution in [2.45, 2.75) is 38.6 Å². The lowest BCUT2D eigenvalue weighted by Crippen LogP contribution is -2.40. The van der Waals surface area contributed by atoms with Crippen LogP contribution in [0.5, 0.6) is 0 Å². The Morgan fingerprint density at radius 2 is 2.15 bits per heavy atom. The van der Waals surface area contributed by atoms with Gasteiger partial charge in [-0.1, -0.05) is 41.7 Å². The molecule has 1 N–H and O–H groups in total. The third-order valence-corrected chi connectivity index (χ3v) is 5.80. The molecule has 1 aromatic carbocycles. The molecule has 8 heteroatoms. The summed E-state index contributed by atoms with van der Waals surface area (Å²) in [5, 5.41) is 8.07. The number of halogens is 2. The summed E-state index contributed by atoms with van der Waals surface area (Å²) in [6.45, 7) is 2.63. The Bertz CT molecular complexity index is 803. The van der Waals surface area contributed by atoms with Gasteiger partial charge in [-0.05, 0) is 36.8 Å². The summed E-state index contributed by atoms with van der Waals surface area (Å²) in [6, 6.07) is 7.44. The average molecular weight is 502 g/mol. The van der Waals surface area contributed by atoms with E-state index in [-0.39, 0.29) is 24.0 Å². The zero-order valence-corrected chi connectivity index (χ0v) is 18.5. The number of hydrogen-bond donors (Lipinski definition) is 1. The predicted octanol–water partition coefficient (Wildman–Crippen LogP) is 4.35. The Hall–Kier alpha value is -1.35. The van der Waals surface area contributed by atoms with Crippen molar-refractivity contribution in [2.24, 2.45) is 10.4 Å². The van der Waals surface area contributed by atoms with Crippen LogP contribution in [0.2, 0.25) is 5.02 Å². The Kier molecular flexibility index (Phi) is 6.62. The first kappa shape index (κ1) is 20.4. The van der Waals surface area contributed by atoms with E-state index in [4.69, 9.17) is 16.1 Å². The number of benzene rings is 1. The van der Waals surface area contributed by atoms with Crippen LogP contribution < -0.4 is 5.32 Å². The highest BCUT2D eigenvalue weighted by molar-refractivity contribution is 14.0. The minimum atomic E-state index is 0. The van der Waals surface area contributed by atoms with E-state index >= 15 is 0 Å². The van der Waals surface area contributed by atoms with Crippen LogP contribution in [0.15, 0.2) is 33.8 Å². The highest BCUT2D eigenvalue weighted by atomic mass is 127. The van der Waals surface area contributed by atoms with Gasteiger partial charge in [-0.2, -0.15) is 4.98 Å². The normalized spacial score (nSPS) is 18.7. The van der Waals surface area contributed by atoms with E-state index in [1.54, 1.807) is 0 Å². The van der Waals surface area contributed by atoms with E-state index in [0.29, 0.717) is 28.7 Å². The molecule has 1 saturated heterocycles. The van der Waals surface area contributed by atoms with Crippen molar-refractivity contribution in [1.82, 2.24) is 20.4 Å². The summed E-state index contributed by atoms with van der Waals surface area (Å²) in [4.78, 5) is 11.3. The maximum atomic E-state index is 6.03. The van der Waals surface area contributed by atoms with E-state index in [0.717, 1.165) is 24.6 Å². The van der Waals surface area contributed by atoms with Gasteiger partial charge in [-0.15, -0.1) is 24.0 Å². The SMILES string of the molecule is CN=C(NCc1nc(-c2cccc(Cl)c2)no1)N1CCC2(CCCC2)C1.I. The summed E-state index contributed by atoms with van der Waals surface area (Å²) in [5.41, 5.74) is 1.36. The lowest BCUT2D eigenvalue weighted by atomic mass is 9.86. The lowest BCUT2D eigenvalue weighted by molar-refractivity contribution is 0.308. The number of likely N-dealkylation sites (tertiary alicyclic amines) is 1. The van der Waals surface area contributed by atoms with Crippen LogP contribution in [0.4, 0.5) is 0 Å². The summed E-state index contributed by atoms with van der Waals surface area (Å²) in [5.74, 6) is 2.00. The molecule has 2 aromatic rings. The molecule has 4 rings (SSSR count). The Balaban J connectivity index is 0.00000210. The van der Waals surface area contributed by atoms with Gasteiger partial charge in [0.2, 0.25) is 11.7 Å². The zero-order valence-electron chi connectivity index (χ0n) is 15.4. The average Bonchev–Trinajstić information content (AvgIpc) is 3.39. The van der Waals surface area contributed by atoms with Gasteiger partial charge in [0.15, 0.2) is 5.96 Å². The van der Waals surface area contributed by atoms with Crippen molar-refractivity contribution in [3.63, 3.8) is 0 Å². The fourth-order valence-electron chi connectivity index (χ4n) is 4.21. The third-order valence-electron chi connectivity index (χ3n) is 5.56. The van der Waals surface area contributed by atoms with Crippen molar-refractivity contribution in [2.75, 3.05) is 20.1 Å². The highest BCUT2D eigenvalue weighted by Gasteiger charge is 2.41. The molecule has 2 fully saturated rings. The van der Waals surface area contributed by atoms with Crippen molar-refractivity contribution < 1.29 is 4.52 Å². The molecule has 6 nitrogen and oxygen atoms in total. The summed E-state index contributed by atoms with van der Waals surface area (Å²) >= 11 is 6.03. The summed E-state index contributed by atoms with van der Waals surface area (Å²) in [6.07, 6.45) is 6.72. The highest BCUT2D eigenvalue weighted by Crippen LogP contribution is 2.45. The molecule has 0 bridgehead atoms. The summed E-state index contributed by atoms with van der Waals surface area (Å²) < 4.78 is 5.37. The van der Waals surface area contributed by atoms with Crippen molar-refractivity contribution >= 4 is 41.5 Å². The molecule has 27 heavy (non-hydrogen) atoms. The second-order valence-electron chi connectivity index (χ2n) is 7.30. The molecule has 2 aliphatic rings. The molecule has 0 unspecified atom stereocenters. The number of nitrogens with one attached hydrogen (secondary N) is 1. The first-order valence-electron chi connectivity index (χ1n) is 9.22. The van der Waals surface area contributed by atoms with Crippen LogP contribution in [0.3, 0.4) is 0 Å². The second-order valence-corrected chi connectivity index (χ2v) is 7.74. The quantitative estimate of drug-likeness (QED) is 0.385. The van der Waals surface area contributed by atoms with E-state index in [1.807, 2.05) is 31.3 Å². The Morgan fingerprint density at radius 3 is 2.89 bits per heavy atom. The fourth-order valence-corrected chi connectivity index (χ4v) is 4.40. The molecule has 1 spiro atoms.